The molecule has 1 aliphatic carbocycles. The van der Waals surface area contributed by atoms with Gasteiger partial charge in [-0.05, 0) is 65.8 Å². The zero-order chi connectivity index (χ0) is 19.6. The molecule has 2 aliphatic rings. The average Bonchev–Trinajstić information content (AvgIpc) is 2.72. The van der Waals surface area contributed by atoms with Gasteiger partial charge in [-0.3, -0.25) is 0 Å². The molecular weight excluding hydrogens is 365 g/mol. The number of alkyl halides is 3. The first kappa shape index (κ1) is 19.0. The number of ether oxygens (including phenoxy) is 2. The summed E-state index contributed by atoms with van der Waals surface area (Å²) in [5.41, 5.74) is 2.82. The van der Waals surface area contributed by atoms with Crippen LogP contribution in [-0.2, 0) is 9.47 Å². The summed E-state index contributed by atoms with van der Waals surface area (Å²) in [5.74, 6) is 3.90. The molecule has 1 atom stereocenters. The fraction of sp³-hybridized carbons (Fsp3) is 0.391. The maximum Gasteiger partial charge on any atom is 0.458 e. The maximum absolute atomic E-state index is 12.3. The van der Waals surface area contributed by atoms with Crippen molar-refractivity contribution < 1.29 is 22.6 Å². The zero-order valence-electron chi connectivity index (χ0n) is 15.4. The summed E-state index contributed by atoms with van der Waals surface area (Å²) in [6.07, 6.45) is 1.60. The second kappa shape index (κ2) is 7.98. The summed E-state index contributed by atoms with van der Waals surface area (Å²) < 4.78 is 48.3. The second-order valence-corrected chi connectivity index (χ2v) is 7.25. The van der Waals surface area contributed by atoms with Gasteiger partial charge in [-0.1, -0.05) is 30.2 Å². The normalized spacial score (nSPS) is 21.1. The third-order valence-electron chi connectivity index (χ3n) is 5.25. The van der Waals surface area contributed by atoms with E-state index >= 15 is 0 Å². The molecule has 0 amide bonds. The van der Waals surface area contributed by atoms with Crippen molar-refractivity contribution in [2.75, 3.05) is 13.2 Å². The fourth-order valence-corrected chi connectivity index (χ4v) is 3.81. The van der Waals surface area contributed by atoms with Crippen molar-refractivity contribution in [3.63, 3.8) is 0 Å². The highest BCUT2D eigenvalue weighted by Crippen LogP contribution is 2.35. The molecular formula is C23H21F3O2. The third-order valence-corrected chi connectivity index (χ3v) is 5.25. The van der Waals surface area contributed by atoms with Crippen LogP contribution in [0.5, 0.6) is 0 Å². The van der Waals surface area contributed by atoms with E-state index in [9.17, 15) is 13.2 Å². The molecule has 0 radical (unpaired) electrons. The Morgan fingerprint density at radius 1 is 0.964 bits per heavy atom. The number of halogens is 3. The van der Waals surface area contributed by atoms with Gasteiger partial charge in [0.1, 0.15) is 0 Å². The first-order valence-electron chi connectivity index (χ1n) is 9.54. The summed E-state index contributed by atoms with van der Waals surface area (Å²) in [5, 5.41) is 1.88. The minimum absolute atomic E-state index is 0.0839. The van der Waals surface area contributed by atoms with Gasteiger partial charge in [-0.25, -0.2) is 0 Å². The molecule has 1 unspecified atom stereocenters. The molecule has 5 heteroatoms. The molecule has 1 saturated heterocycles. The Balaban J connectivity index is 1.50. The summed E-state index contributed by atoms with van der Waals surface area (Å²) in [6, 6.07) is 11.2. The van der Waals surface area contributed by atoms with E-state index in [1.54, 1.807) is 12.1 Å². The predicted molar refractivity (Wildman–Crippen MR) is 103 cm³/mol. The van der Waals surface area contributed by atoms with Crippen molar-refractivity contribution >= 4 is 16.3 Å². The van der Waals surface area contributed by atoms with E-state index in [1.807, 2.05) is 18.2 Å². The molecule has 1 heterocycles. The number of hydrogen-bond donors (Lipinski definition) is 0. The maximum atomic E-state index is 12.3. The average molecular weight is 386 g/mol. The molecule has 0 saturated carbocycles. The van der Waals surface area contributed by atoms with Gasteiger partial charge in [0.15, 0.2) is 6.29 Å². The lowest BCUT2D eigenvalue weighted by Crippen LogP contribution is -2.33. The first-order valence-corrected chi connectivity index (χ1v) is 9.54. The molecule has 0 bridgehead atoms. The molecule has 1 aliphatic heterocycles. The van der Waals surface area contributed by atoms with Crippen LogP contribution in [0.3, 0.4) is 0 Å². The topological polar surface area (TPSA) is 18.5 Å². The Morgan fingerprint density at radius 2 is 1.71 bits per heavy atom. The van der Waals surface area contributed by atoms with Crippen LogP contribution in [0.15, 0.2) is 42.5 Å². The summed E-state index contributed by atoms with van der Waals surface area (Å²) >= 11 is 0. The van der Waals surface area contributed by atoms with E-state index in [4.69, 9.17) is 9.47 Å². The van der Waals surface area contributed by atoms with Crippen LogP contribution >= 0.6 is 0 Å². The van der Waals surface area contributed by atoms with E-state index in [-0.39, 0.29) is 6.29 Å². The van der Waals surface area contributed by atoms with Crippen LogP contribution in [0.4, 0.5) is 13.2 Å². The standard InChI is InChI=1S/C23H21F3O2/c24-23(25,26)11-10-16-2-3-21-15-20(9-8-19(21)14-16)17-4-6-18(7-5-17)22-27-12-1-13-28-22/h2-4,8-9,14-15,18,22H,1,5-7,12-13H2. The van der Waals surface area contributed by atoms with Gasteiger partial charge < -0.3 is 9.47 Å². The minimum atomic E-state index is -4.47. The molecule has 4 rings (SSSR count). The Hall–Kier alpha value is -2.29. The van der Waals surface area contributed by atoms with Gasteiger partial charge in [0.2, 0.25) is 0 Å². The third kappa shape index (κ3) is 4.57. The Bertz CT molecular complexity index is 944. The summed E-state index contributed by atoms with van der Waals surface area (Å²) in [6.45, 7) is 1.55. The van der Waals surface area contributed by atoms with Crippen molar-refractivity contribution in [1.82, 2.24) is 0 Å². The van der Waals surface area contributed by atoms with Crippen LogP contribution in [0, 0.1) is 17.8 Å². The van der Waals surface area contributed by atoms with Gasteiger partial charge in [0.25, 0.3) is 0 Å². The van der Waals surface area contributed by atoms with Crippen LogP contribution < -0.4 is 0 Å². The van der Waals surface area contributed by atoms with Crippen molar-refractivity contribution in [2.45, 2.75) is 38.1 Å². The minimum Gasteiger partial charge on any atom is -0.352 e. The van der Waals surface area contributed by atoms with Crippen LogP contribution in [0.25, 0.3) is 16.3 Å². The molecule has 2 aromatic carbocycles. The van der Waals surface area contributed by atoms with Gasteiger partial charge >= 0.3 is 6.18 Å². The fourth-order valence-electron chi connectivity index (χ4n) is 3.81. The van der Waals surface area contributed by atoms with Gasteiger partial charge in [-0.15, -0.1) is 0 Å². The number of allylic oxidation sites excluding steroid dienone is 2. The highest BCUT2D eigenvalue weighted by molar-refractivity contribution is 5.87. The Morgan fingerprint density at radius 3 is 2.43 bits per heavy atom. The van der Waals surface area contributed by atoms with E-state index in [0.717, 1.165) is 55.2 Å². The Labute approximate surface area is 162 Å². The van der Waals surface area contributed by atoms with E-state index in [2.05, 4.69) is 18.1 Å². The molecule has 2 aromatic rings. The van der Waals surface area contributed by atoms with E-state index in [1.165, 1.54) is 11.5 Å². The molecule has 2 nitrogen and oxygen atoms in total. The van der Waals surface area contributed by atoms with E-state index < -0.39 is 6.18 Å². The second-order valence-electron chi connectivity index (χ2n) is 7.25. The molecule has 0 aromatic heterocycles. The highest BCUT2D eigenvalue weighted by Gasteiger charge is 2.27. The SMILES string of the molecule is FC(F)(F)C#Cc1ccc2cc(C3=CCC(C4OCCCO4)CC3)ccc2c1. The van der Waals surface area contributed by atoms with Gasteiger partial charge in [0.05, 0.1) is 13.2 Å². The number of hydrogen-bond acceptors (Lipinski definition) is 2. The van der Waals surface area contributed by atoms with Gasteiger partial charge in [0, 0.05) is 17.4 Å². The zero-order valence-corrected chi connectivity index (χ0v) is 15.4. The molecule has 1 fully saturated rings. The molecule has 146 valence electrons. The smallest absolute Gasteiger partial charge is 0.352 e. The Kier molecular flexibility index (Phi) is 5.43. The summed E-state index contributed by atoms with van der Waals surface area (Å²) in [4.78, 5) is 0. The van der Waals surface area contributed by atoms with E-state index in [0.29, 0.717) is 11.5 Å². The lowest BCUT2D eigenvalue weighted by Gasteiger charge is -2.32. The molecule has 0 N–H and O–H groups in total. The van der Waals surface area contributed by atoms with Crippen LogP contribution in [0.2, 0.25) is 0 Å². The quantitative estimate of drug-likeness (QED) is 0.617. The van der Waals surface area contributed by atoms with Crippen molar-refractivity contribution in [2.24, 2.45) is 5.92 Å². The largest absolute Gasteiger partial charge is 0.458 e. The van der Waals surface area contributed by atoms with Crippen LogP contribution in [-0.4, -0.2) is 25.7 Å². The summed E-state index contributed by atoms with van der Waals surface area (Å²) in [7, 11) is 0. The van der Waals surface area contributed by atoms with Crippen molar-refractivity contribution in [1.29, 1.82) is 0 Å². The molecule has 0 spiro atoms. The molecule has 28 heavy (non-hydrogen) atoms. The monoisotopic (exact) mass is 386 g/mol. The predicted octanol–water partition coefficient (Wildman–Crippen LogP) is 5.70. The number of rotatable bonds is 2. The van der Waals surface area contributed by atoms with Crippen molar-refractivity contribution in [3.8, 4) is 11.8 Å². The van der Waals surface area contributed by atoms with Crippen molar-refractivity contribution in [3.05, 3.63) is 53.6 Å². The highest BCUT2D eigenvalue weighted by atomic mass is 19.4. The van der Waals surface area contributed by atoms with Crippen LogP contribution in [0.1, 0.15) is 36.8 Å². The van der Waals surface area contributed by atoms with Gasteiger partial charge in [-0.2, -0.15) is 13.2 Å². The number of benzene rings is 2. The number of fused-ring (bicyclic) bond motifs is 1. The lowest BCUT2D eigenvalue weighted by atomic mass is 9.85. The lowest BCUT2D eigenvalue weighted by molar-refractivity contribution is -0.205. The first-order chi connectivity index (χ1) is 13.5.